The van der Waals surface area contributed by atoms with Gasteiger partial charge >= 0.3 is 5.97 Å². The Kier molecular flexibility index (Phi) is 6.15. The van der Waals surface area contributed by atoms with E-state index in [0.29, 0.717) is 15.9 Å². The summed E-state index contributed by atoms with van der Waals surface area (Å²) in [4.78, 5) is 18.2. The number of halogens is 1. The number of pyridine rings is 1. The average molecular weight is 505 g/mol. The molecule has 2 aromatic heterocycles. The van der Waals surface area contributed by atoms with Crippen molar-refractivity contribution >= 4 is 40.6 Å². The van der Waals surface area contributed by atoms with Gasteiger partial charge in [-0.25, -0.2) is 4.79 Å². The maximum absolute atomic E-state index is 11.6. The lowest BCUT2D eigenvalue weighted by Gasteiger charge is -2.29. The minimum absolute atomic E-state index is 0.210. The number of hydrogen-bond acceptors (Lipinski definition) is 4. The van der Waals surface area contributed by atoms with Gasteiger partial charge in [0.05, 0.1) is 29.4 Å². The summed E-state index contributed by atoms with van der Waals surface area (Å²) in [5.74, 6) is -0.412. The van der Waals surface area contributed by atoms with E-state index in [1.54, 1.807) is 37.6 Å². The van der Waals surface area contributed by atoms with Crippen LogP contribution in [0.25, 0.3) is 5.69 Å². The quantitative estimate of drug-likeness (QED) is 0.340. The Bertz CT molecular complexity index is 1410. The van der Waals surface area contributed by atoms with E-state index >= 15 is 0 Å². The molecule has 4 aromatic rings. The number of carboxylic acid groups (broad SMARTS) is 1. The number of hydrogen-bond donors (Lipinski definition) is 2. The zero-order valence-electron chi connectivity index (χ0n) is 18.6. The summed E-state index contributed by atoms with van der Waals surface area (Å²) in [5, 5.41) is 13.9. The number of nitrogens with one attached hydrogen (secondary N) is 1. The number of rotatable bonds is 6. The van der Waals surface area contributed by atoms with Crippen LogP contribution in [0.5, 0.6) is 5.75 Å². The van der Waals surface area contributed by atoms with Gasteiger partial charge in [-0.05, 0) is 72.9 Å². The lowest BCUT2D eigenvalue weighted by atomic mass is 10.0. The zero-order valence-corrected chi connectivity index (χ0v) is 20.2. The van der Waals surface area contributed by atoms with Crippen LogP contribution in [0.1, 0.15) is 33.8 Å². The number of methoxy groups -OCH3 is 1. The molecule has 35 heavy (non-hydrogen) atoms. The first-order valence-corrected chi connectivity index (χ1v) is 11.6. The SMILES string of the molecule is COc1ccc(N2C(=S)N[C@@H](c3ccccn3)[C@@H]2c2cccn2-c2cccc(C(=O)O)c2)cc1Cl. The van der Waals surface area contributed by atoms with Gasteiger partial charge in [0.15, 0.2) is 5.11 Å². The third-order valence-corrected chi connectivity index (χ3v) is 6.58. The number of thiocarbonyl (C=S) groups is 1. The minimum atomic E-state index is -0.981. The maximum Gasteiger partial charge on any atom is 0.335 e. The molecule has 0 amide bonds. The van der Waals surface area contributed by atoms with E-state index < -0.39 is 5.97 Å². The van der Waals surface area contributed by atoms with Crippen molar-refractivity contribution in [3.63, 3.8) is 0 Å². The molecule has 0 radical (unpaired) electrons. The summed E-state index contributed by atoms with van der Waals surface area (Å²) in [6, 6.07) is 21.5. The molecule has 1 saturated heterocycles. The summed E-state index contributed by atoms with van der Waals surface area (Å²) in [5.41, 5.74) is 3.47. The van der Waals surface area contributed by atoms with Crippen molar-refractivity contribution in [1.82, 2.24) is 14.9 Å². The minimum Gasteiger partial charge on any atom is -0.495 e. The van der Waals surface area contributed by atoms with Crippen LogP contribution < -0.4 is 15.0 Å². The van der Waals surface area contributed by atoms with Crippen molar-refractivity contribution in [2.24, 2.45) is 0 Å². The maximum atomic E-state index is 11.6. The van der Waals surface area contributed by atoms with Gasteiger partial charge in [0.1, 0.15) is 11.8 Å². The van der Waals surface area contributed by atoms with Gasteiger partial charge in [-0.15, -0.1) is 0 Å². The Balaban J connectivity index is 1.67. The van der Waals surface area contributed by atoms with Gasteiger partial charge in [0, 0.05) is 29.5 Å². The van der Waals surface area contributed by atoms with Gasteiger partial charge in [-0.2, -0.15) is 0 Å². The lowest BCUT2D eigenvalue weighted by Crippen LogP contribution is -2.30. The highest BCUT2D eigenvalue weighted by atomic mass is 35.5. The number of benzene rings is 2. The van der Waals surface area contributed by atoms with E-state index in [1.165, 1.54) is 0 Å². The van der Waals surface area contributed by atoms with E-state index in [1.807, 2.05) is 64.2 Å². The Morgan fingerprint density at radius 3 is 2.66 bits per heavy atom. The predicted molar refractivity (Wildman–Crippen MR) is 139 cm³/mol. The van der Waals surface area contributed by atoms with Crippen LogP contribution in [0.15, 0.2) is 85.2 Å². The molecule has 7 nitrogen and oxygen atoms in total. The first-order valence-electron chi connectivity index (χ1n) is 10.8. The molecule has 3 heterocycles. The highest BCUT2D eigenvalue weighted by Crippen LogP contribution is 2.43. The fourth-order valence-corrected chi connectivity index (χ4v) is 5.00. The van der Waals surface area contributed by atoms with Crippen molar-refractivity contribution in [3.05, 3.63) is 107 Å². The number of nitrogens with zero attached hydrogens (tertiary/aromatic N) is 3. The van der Waals surface area contributed by atoms with Crippen LogP contribution >= 0.6 is 23.8 Å². The first kappa shape index (κ1) is 22.9. The standard InChI is InChI=1S/C26H21ClN4O3S/c1-34-22-11-10-18(15-19(22)27)31-24(23(29-26(31)35)20-8-2-3-12-28-20)21-9-5-13-30(21)17-7-4-6-16(14-17)25(32)33/h2-15,23-24H,1H3,(H,29,35)(H,32,33)/t23-,24-/m0/s1. The number of ether oxygens (including phenoxy) is 1. The van der Waals surface area contributed by atoms with E-state index in [-0.39, 0.29) is 17.6 Å². The molecule has 0 aliphatic carbocycles. The summed E-state index contributed by atoms with van der Waals surface area (Å²) in [6.45, 7) is 0. The molecule has 0 unspecified atom stereocenters. The van der Waals surface area contributed by atoms with Crippen LogP contribution in [-0.2, 0) is 0 Å². The second-order valence-electron chi connectivity index (χ2n) is 7.97. The van der Waals surface area contributed by atoms with Crippen LogP contribution in [-0.4, -0.2) is 32.8 Å². The third kappa shape index (κ3) is 4.22. The van der Waals surface area contributed by atoms with Gasteiger partial charge in [-0.3, -0.25) is 4.98 Å². The topological polar surface area (TPSA) is 79.6 Å². The highest BCUT2D eigenvalue weighted by Gasteiger charge is 2.42. The lowest BCUT2D eigenvalue weighted by molar-refractivity contribution is 0.0697. The summed E-state index contributed by atoms with van der Waals surface area (Å²) in [7, 11) is 1.57. The summed E-state index contributed by atoms with van der Waals surface area (Å²) < 4.78 is 7.30. The molecule has 176 valence electrons. The van der Waals surface area contributed by atoms with Crippen LogP contribution in [0.4, 0.5) is 5.69 Å². The van der Waals surface area contributed by atoms with Gasteiger partial charge < -0.3 is 24.6 Å². The molecule has 1 fully saturated rings. The van der Waals surface area contributed by atoms with Crippen molar-refractivity contribution in [2.45, 2.75) is 12.1 Å². The summed E-state index contributed by atoms with van der Waals surface area (Å²) in [6.07, 6.45) is 3.66. The molecule has 0 spiro atoms. The predicted octanol–water partition coefficient (Wildman–Crippen LogP) is 5.41. The molecule has 9 heteroatoms. The molecule has 1 aliphatic heterocycles. The summed E-state index contributed by atoms with van der Waals surface area (Å²) >= 11 is 12.3. The molecule has 5 rings (SSSR count). The van der Waals surface area contributed by atoms with E-state index in [4.69, 9.17) is 28.6 Å². The normalized spacial score (nSPS) is 17.3. The Morgan fingerprint density at radius 2 is 1.94 bits per heavy atom. The number of aromatic nitrogens is 2. The molecule has 0 bridgehead atoms. The van der Waals surface area contributed by atoms with Crippen molar-refractivity contribution < 1.29 is 14.6 Å². The highest BCUT2D eigenvalue weighted by molar-refractivity contribution is 7.80. The largest absolute Gasteiger partial charge is 0.495 e. The van der Waals surface area contributed by atoms with Crippen molar-refractivity contribution in [2.75, 3.05) is 12.0 Å². The van der Waals surface area contributed by atoms with Gasteiger partial charge in [-0.1, -0.05) is 23.7 Å². The second kappa shape index (κ2) is 9.40. The fourth-order valence-electron chi connectivity index (χ4n) is 4.40. The number of anilines is 1. The molecule has 0 saturated carbocycles. The van der Waals surface area contributed by atoms with Gasteiger partial charge in [0.25, 0.3) is 0 Å². The fraction of sp³-hybridized carbons (Fsp3) is 0.115. The Hall–Kier alpha value is -3.88. The molecule has 2 atom stereocenters. The Labute approximate surface area is 212 Å². The monoisotopic (exact) mass is 504 g/mol. The second-order valence-corrected chi connectivity index (χ2v) is 8.77. The number of carboxylic acids is 1. The van der Waals surface area contributed by atoms with Crippen molar-refractivity contribution in [3.8, 4) is 11.4 Å². The molecular weight excluding hydrogens is 484 g/mol. The molecule has 2 N–H and O–H groups in total. The molecule has 2 aromatic carbocycles. The molecule has 1 aliphatic rings. The third-order valence-electron chi connectivity index (χ3n) is 5.97. The first-order chi connectivity index (χ1) is 17.0. The number of carbonyl (C=O) groups is 1. The van der Waals surface area contributed by atoms with Gasteiger partial charge in [0.2, 0.25) is 0 Å². The van der Waals surface area contributed by atoms with E-state index in [2.05, 4.69) is 10.3 Å². The smallest absolute Gasteiger partial charge is 0.335 e. The molecular formula is C26H21ClN4O3S. The van der Waals surface area contributed by atoms with Crippen LogP contribution in [0.3, 0.4) is 0 Å². The van der Waals surface area contributed by atoms with Crippen LogP contribution in [0.2, 0.25) is 5.02 Å². The average Bonchev–Trinajstić information content (AvgIpc) is 3.49. The zero-order chi connectivity index (χ0) is 24.5. The van der Waals surface area contributed by atoms with Crippen molar-refractivity contribution in [1.29, 1.82) is 0 Å². The number of aromatic carboxylic acids is 1. The van der Waals surface area contributed by atoms with E-state index in [0.717, 1.165) is 22.8 Å². The van der Waals surface area contributed by atoms with E-state index in [9.17, 15) is 9.90 Å². The Morgan fingerprint density at radius 1 is 1.09 bits per heavy atom. The van der Waals surface area contributed by atoms with Crippen LogP contribution in [0, 0.1) is 0 Å².